The van der Waals surface area contributed by atoms with Crippen molar-refractivity contribution in [2.24, 2.45) is 0 Å². The van der Waals surface area contributed by atoms with Crippen molar-refractivity contribution in [2.75, 3.05) is 0 Å². The third-order valence-corrected chi connectivity index (χ3v) is 3.69. The fourth-order valence-corrected chi connectivity index (χ4v) is 2.17. The van der Waals surface area contributed by atoms with Gasteiger partial charge in [0.05, 0.1) is 0 Å². The molecule has 0 N–H and O–H groups in total. The summed E-state index contributed by atoms with van der Waals surface area (Å²) in [7, 11) is 0. The predicted molar refractivity (Wildman–Crippen MR) is 77.9 cm³/mol. The van der Waals surface area contributed by atoms with Crippen LogP contribution in [0.1, 0.15) is 21.7 Å². The Bertz CT molecular complexity index is 643. The van der Waals surface area contributed by atoms with Crippen LogP contribution in [-0.4, -0.2) is 26.0 Å². The number of nitrogens with zero attached hydrogens (tertiary/aromatic N) is 2. The van der Waals surface area contributed by atoms with E-state index in [0.29, 0.717) is 5.82 Å². The molecule has 0 radical (unpaired) electrons. The van der Waals surface area contributed by atoms with Crippen LogP contribution >= 0.6 is 23.2 Å². The van der Waals surface area contributed by atoms with Gasteiger partial charge < -0.3 is 4.57 Å². The predicted octanol–water partition coefficient (Wildman–Crippen LogP) is 3.04. The Kier molecular flexibility index (Phi) is 4.26. The highest BCUT2D eigenvalue weighted by atomic mass is 35.5. The second-order valence-corrected chi connectivity index (χ2v) is 5.20. The highest BCUT2D eigenvalue weighted by Crippen LogP contribution is 2.16. The van der Waals surface area contributed by atoms with Crippen molar-refractivity contribution >= 4 is 34.2 Å². The molecule has 2 rings (SSSR count). The minimum absolute atomic E-state index is 0.255. The zero-order valence-corrected chi connectivity index (χ0v) is 12.4. The van der Waals surface area contributed by atoms with Crippen LogP contribution < -0.4 is 0 Å². The number of carbonyl (C=O) groups excluding carboxylic acids is 2. The molecular weight excluding hydrogens is 299 g/mol. The molecule has 0 aliphatic rings. The van der Waals surface area contributed by atoms with Crippen LogP contribution in [-0.2, 0) is 4.79 Å². The van der Waals surface area contributed by atoms with Crippen LogP contribution in [0.3, 0.4) is 0 Å². The lowest BCUT2D eigenvalue weighted by atomic mass is 10.1. The summed E-state index contributed by atoms with van der Waals surface area (Å²) in [6.07, 6.45) is 1.39. The van der Waals surface area contributed by atoms with E-state index in [0.717, 1.165) is 11.4 Å². The van der Waals surface area contributed by atoms with Crippen molar-refractivity contribution in [3.8, 4) is 5.82 Å². The standard InChI is InChI=1S/C14H12Cl2N2O2/c1-8-3-4-9(2)18(8)11-6-5-10(7-17-11)13(19)12(15)14(16)20/h3-7,12H,1-2H3. The average molecular weight is 311 g/mol. The Morgan fingerprint density at radius 3 is 2.20 bits per heavy atom. The maximum Gasteiger partial charge on any atom is 0.247 e. The van der Waals surface area contributed by atoms with E-state index in [1.807, 2.05) is 30.5 Å². The quantitative estimate of drug-likeness (QED) is 0.377. The number of pyridine rings is 1. The van der Waals surface area contributed by atoms with Gasteiger partial charge in [-0.3, -0.25) is 9.59 Å². The summed E-state index contributed by atoms with van der Waals surface area (Å²) >= 11 is 10.8. The molecule has 2 aromatic rings. The topological polar surface area (TPSA) is 52.0 Å². The number of halogens is 2. The Hall–Kier alpha value is -1.65. The number of alkyl halides is 1. The molecule has 0 spiro atoms. The first kappa shape index (κ1) is 14.8. The van der Waals surface area contributed by atoms with Crippen LogP contribution in [0.25, 0.3) is 5.82 Å². The Morgan fingerprint density at radius 2 is 1.75 bits per heavy atom. The molecule has 2 aromatic heterocycles. The lowest BCUT2D eigenvalue weighted by Crippen LogP contribution is -2.21. The molecule has 1 atom stereocenters. The van der Waals surface area contributed by atoms with Crippen LogP contribution in [0.5, 0.6) is 0 Å². The van der Waals surface area contributed by atoms with Crippen LogP contribution in [0.15, 0.2) is 30.5 Å². The summed E-state index contributed by atoms with van der Waals surface area (Å²) in [6.45, 7) is 3.93. The second-order valence-electron chi connectivity index (χ2n) is 4.39. The summed E-state index contributed by atoms with van der Waals surface area (Å²) in [5.41, 5.74) is 2.34. The van der Waals surface area contributed by atoms with Gasteiger partial charge in [0.2, 0.25) is 5.24 Å². The molecule has 20 heavy (non-hydrogen) atoms. The van der Waals surface area contributed by atoms with E-state index in [1.54, 1.807) is 12.1 Å². The average Bonchev–Trinajstić information content (AvgIpc) is 2.76. The number of Topliss-reactive ketones (excluding diaryl/α,β-unsaturated/α-hetero) is 1. The summed E-state index contributed by atoms with van der Waals surface area (Å²) in [6, 6.07) is 7.25. The summed E-state index contributed by atoms with van der Waals surface area (Å²) in [4.78, 5) is 27.0. The maximum atomic E-state index is 11.8. The lowest BCUT2D eigenvalue weighted by molar-refractivity contribution is -0.110. The van der Waals surface area contributed by atoms with Gasteiger partial charge in [-0.2, -0.15) is 0 Å². The van der Waals surface area contributed by atoms with Crippen LogP contribution in [0, 0.1) is 13.8 Å². The largest absolute Gasteiger partial charge is 0.303 e. The number of carbonyl (C=O) groups is 2. The molecule has 0 aliphatic heterocycles. The number of hydrogen-bond acceptors (Lipinski definition) is 3. The Labute approximate surface area is 126 Å². The van der Waals surface area contributed by atoms with E-state index < -0.39 is 16.4 Å². The first-order valence-corrected chi connectivity index (χ1v) is 6.72. The molecular formula is C14H12Cl2N2O2. The van der Waals surface area contributed by atoms with Gasteiger partial charge in [0.1, 0.15) is 5.82 Å². The Balaban J connectivity index is 2.32. The van der Waals surface area contributed by atoms with Crippen molar-refractivity contribution in [1.29, 1.82) is 0 Å². The van der Waals surface area contributed by atoms with Gasteiger partial charge in [0.15, 0.2) is 11.2 Å². The van der Waals surface area contributed by atoms with E-state index >= 15 is 0 Å². The maximum absolute atomic E-state index is 11.8. The van der Waals surface area contributed by atoms with E-state index in [1.165, 1.54) is 6.20 Å². The first-order chi connectivity index (χ1) is 9.41. The first-order valence-electron chi connectivity index (χ1n) is 5.91. The minimum atomic E-state index is -1.38. The molecule has 6 heteroatoms. The van der Waals surface area contributed by atoms with E-state index in [2.05, 4.69) is 4.98 Å². The van der Waals surface area contributed by atoms with Gasteiger partial charge in [0, 0.05) is 23.1 Å². The van der Waals surface area contributed by atoms with E-state index in [4.69, 9.17) is 23.2 Å². The van der Waals surface area contributed by atoms with E-state index in [9.17, 15) is 9.59 Å². The van der Waals surface area contributed by atoms with Gasteiger partial charge in [-0.05, 0) is 49.7 Å². The van der Waals surface area contributed by atoms with Crippen molar-refractivity contribution < 1.29 is 9.59 Å². The van der Waals surface area contributed by atoms with E-state index in [-0.39, 0.29) is 5.56 Å². The number of ketones is 1. The molecule has 2 heterocycles. The van der Waals surface area contributed by atoms with Crippen molar-refractivity contribution in [1.82, 2.24) is 9.55 Å². The minimum Gasteiger partial charge on any atom is -0.303 e. The molecule has 0 fully saturated rings. The number of rotatable bonds is 4. The van der Waals surface area contributed by atoms with Crippen molar-refractivity contribution in [3.63, 3.8) is 0 Å². The zero-order valence-electron chi connectivity index (χ0n) is 10.9. The molecule has 1 unspecified atom stereocenters. The number of aryl methyl sites for hydroxylation is 2. The molecule has 0 aliphatic carbocycles. The SMILES string of the molecule is Cc1ccc(C)n1-c1ccc(C(=O)C(Cl)C(=O)Cl)cn1. The lowest BCUT2D eigenvalue weighted by Gasteiger charge is -2.09. The number of aromatic nitrogens is 2. The van der Waals surface area contributed by atoms with Crippen LogP contribution in [0.2, 0.25) is 0 Å². The smallest absolute Gasteiger partial charge is 0.247 e. The van der Waals surface area contributed by atoms with Gasteiger partial charge in [-0.15, -0.1) is 11.6 Å². The van der Waals surface area contributed by atoms with Crippen molar-refractivity contribution in [2.45, 2.75) is 19.2 Å². The Morgan fingerprint density at radius 1 is 1.15 bits per heavy atom. The van der Waals surface area contributed by atoms with Gasteiger partial charge in [0.25, 0.3) is 0 Å². The summed E-state index contributed by atoms with van der Waals surface area (Å²) in [5.74, 6) is 0.150. The van der Waals surface area contributed by atoms with Gasteiger partial charge in [-0.1, -0.05) is 0 Å². The van der Waals surface area contributed by atoms with Crippen molar-refractivity contribution in [3.05, 3.63) is 47.4 Å². The monoisotopic (exact) mass is 310 g/mol. The summed E-state index contributed by atoms with van der Waals surface area (Å²) < 4.78 is 1.96. The molecule has 0 saturated heterocycles. The zero-order chi connectivity index (χ0) is 14.9. The fraction of sp³-hybridized carbons (Fsp3) is 0.214. The molecule has 4 nitrogen and oxygen atoms in total. The molecule has 0 amide bonds. The van der Waals surface area contributed by atoms with Crippen LogP contribution in [0.4, 0.5) is 0 Å². The molecule has 0 aromatic carbocycles. The summed E-state index contributed by atoms with van der Waals surface area (Å²) in [5, 5.41) is -2.27. The molecule has 0 bridgehead atoms. The highest BCUT2D eigenvalue weighted by molar-refractivity contribution is 6.72. The normalized spacial score (nSPS) is 12.2. The van der Waals surface area contributed by atoms with Gasteiger partial charge >= 0.3 is 0 Å². The highest BCUT2D eigenvalue weighted by Gasteiger charge is 2.23. The third-order valence-electron chi connectivity index (χ3n) is 2.96. The third kappa shape index (κ3) is 2.76. The fourth-order valence-electron chi connectivity index (χ4n) is 1.94. The number of hydrogen-bond donors (Lipinski definition) is 0. The van der Waals surface area contributed by atoms with Gasteiger partial charge in [-0.25, -0.2) is 4.98 Å². The molecule has 0 saturated carbocycles. The second kappa shape index (κ2) is 5.77. The molecule has 104 valence electrons.